The molecule has 0 saturated heterocycles. The Kier molecular flexibility index (Phi) is 11.9. The van der Waals surface area contributed by atoms with Gasteiger partial charge in [0.2, 0.25) is 0 Å². The van der Waals surface area contributed by atoms with Gasteiger partial charge in [-0.3, -0.25) is 0 Å². The van der Waals surface area contributed by atoms with Crippen molar-refractivity contribution in [2.45, 2.75) is 0 Å². The number of aromatic nitrogens is 5. The van der Waals surface area contributed by atoms with Crippen molar-refractivity contribution in [1.82, 2.24) is 24.5 Å². The van der Waals surface area contributed by atoms with Crippen LogP contribution in [0.5, 0.6) is 0 Å². The molecular formula is C67H36N10. The number of fused-ring (bicyclic) bond motifs is 3. The number of rotatable bonds is 9. The van der Waals surface area contributed by atoms with Crippen molar-refractivity contribution in [3.63, 3.8) is 0 Å². The van der Waals surface area contributed by atoms with E-state index in [2.05, 4.69) is 47.0 Å². The zero-order valence-electron chi connectivity index (χ0n) is 40.8. The molecule has 0 saturated carbocycles. The Morgan fingerprint density at radius 1 is 0.273 bits per heavy atom. The highest BCUT2D eigenvalue weighted by Gasteiger charge is 2.26. The maximum absolute atomic E-state index is 11.1. The van der Waals surface area contributed by atoms with Crippen LogP contribution in [-0.2, 0) is 0 Å². The quantitative estimate of drug-likeness (QED) is 0.136. The lowest BCUT2D eigenvalue weighted by Crippen LogP contribution is -2.06. The second-order valence-electron chi connectivity index (χ2n) is 18.3. The van der Waals surface area contributed by atoms with Gasteiger partial charge in [0.25, 0.3) is 0 Å². The van der Waals surface area contributed by atoms with E-state index in [9.17, 15) is 26.3 Å². The molecule has 0 aliphatic rings. The Hall–Kier alpha value is -11.6. The van der Waals surface area contributed by atoms with Gasteiger partial charge < -0.3 is 4.57 Å². The summed E-state index contributed by atoms with van der Waals surface area (Å²) in [5.41, 5.74) is 13.9. The molecular weight excluding hydrogens is 945 g/mol. The minimum atomic E-state index is 0.344. The van der Waals surface area contributed by atoms with Gasteiger partial charge in [0.15, 0.2) is 11.6 Å². The predicted octanol–water partition coefficient (Wildman–Crippen LogP) is 15.1. The number of hydrogen-bond donors (Lipinski definition) is 0. The summed E-state index contributed by atoms with van der Waals surface area (Å²) >= 11 is 0. The van der Waals surface area contributed by atoms with Gasteiger partial charge in [0, 0.05) is 44.2 Å². The van der Waals surface area contributed by atoms with Crippen molar-refractivity contribution in [2.24, 2.45) is 0 Å². The van der Waals surface area contributed by atoms with E-state index in [0.29, 0.717) is 90.2 Å². The van der Waals surface area contributed by atoms with Crippen molar-refractivity contribution >= 4 is 21.8 Å². The van der Waals surface area contributed by atoms with Gasteiger partial charge in [0.1, 0.15) is 0 Å². The highest BCUT2D eigenvalue weighted by atomic mass is 15.0. The van der Waals surface area contributed by atoms with Gasteiger partial charge in [0.05, 0.1) is 97.7 Å². The van der Waals surface area contributed by atoms with Crippen molar-refractivity contribution in [1.29, 1.82) is 26.3 Å². The van der Waals surface area contributed by atoms with E-state index in [-0.39, 0.29) is 0 Å². The molecule has 12 rings (SSSR count). The fraction of sp³-hybridized carbons (Fsp3) is 0. The van der Waals surface area contributed by atoms with E-state index >= 15 is 0 Å². The normalized spacial score (nSPS) is 10.8. The molecule has 0 atom stereocenters. The van der Waals surface area contributed by atoms with Gasteiger partial charge >= 0.3 is 0 Å². The summed E-state index contributed by atoms with van der Waals surface area (Å²) < 4.78 is 2.16. The largest absolute Gasteiger partial charge is 0.308 e. The Balaban J connectivity index is 1.24. The molecule has 0 fully saturated rings. The van der Waals surface area contributed by atoms with Crippen molar-refractivity contribution in [3.05, 3.63) is 246 Å². The molecule has 0 spiro atoms. The molecule has 10 nitrogen and oxygen atoms in total. The van der Waals surface area contributed by atoms with E-state index in [0.717, 1.165) is 55.2 Å². The monoisotopic (exact) mass is 980 g/mol. The first kappa shape index (κ1) is 46.5. The molecule has 9 aromatic carbocycles. The molecule has 77 heavy (non-hydrogen) atoms. The Bertz CT molecular complexity index is 4090. The van der Waals surface area contributed by atoms with Gasteiger partial charge in [-0.05, 0) is 107 Å². The average molecular weight is 981 g/mol. The number of benzene rings is 9. The maximum atomic E-state index is 11.1. The van der Waals surface area contributed by atoms with Gasteiger partial charge in [-0.1, -0.05) is 133 Å². The molecule has 0 N–H and O–H groups in total. The molecule has 0 bridgehead atoms. The summed E-state index contributed by atoms with van der Waals surface area (Å²) in [5, 5.41) is 52.9. The molecule has 12 aromatic rings. The molecule has 0 amide bonds. The average Bonchev–Trinajstić information content (AvgIpc) is 4.06. The van der Waals surface area contributed by atoms with Crippen LogP contribution < -0.4 is 0 Å². The third-order valence-corrected chi connectivity index (χ3v) is 13.5. The topological polar surface area (TPSA) is 175 Å². The summed E-state index contributed by atoms with van der Waals surface area (Å²) in [6.45, 7) is 0. The van der Waals surface area contributed by atoms with E-state index < -0.39 is 0 Å². The van der Waals surface area contributed by atoms with E-state index in [1.165, 1.54) is 0 Å². The molecule has 0 aliphatic carbocycles. The van der Waals surface area contributed by atoms with Crippen LogP contribution >= 0.6 is 0 Å². The minimum Gasteiger partial charge on any atom is -0.308 e. The van der Waals surface area contributed by atoms with Crippen molar-refractivity contribution < 1.29 is 0 Å². The molecule has 0 radical (unpaired) electrons. The fourth-order valence-electron chi connectivity index (χ4n) is 9.92. The van der Waals surface area contributed by atoms with Gasteiger partial charge in [-0.15, -0.1) is 0 Å². The Labute approximate surface area is 442 Å². The molecule has 0 unspecified atom stereocenters. The van der Waals surface area contributed by atoms with Gasteiger partial charge in [-0.25, -0.2) is 19.9 Å². The minimum absolute atomic E-state index is 0.344. The lowest BCUT2D eigenvalue weighted by molar-refractivity contribution is 1.13. The number of hydrogen-bond acceptors (Lipinski definition) is 9. The highest BCUT2D eigenvalue weighted by Crippen LogP contribution is 2.45. The zero-order chi connectivity index (χ0) is 52.4. The van der Waals surface area contributed by atoms with Crippen molar-refractivity contribution in [2.75, 3.05) is 0 Å². The van der Waals surface area contributed by atoms with Crippen LogP contribution in [0.2, 0.25) is 0 Å². The molecule has 3 heterocycles. The van der Waals surface area contributed by atoms with E-state index in [1.807, 2.05) is 170 Å². The second kappa shape index (κ2) is 19.8. The highest BCUT2D eigenvalue weighted by molar-refractivity contribution is 6.13. The van der Waals surface area contributed by atoms with Crippen LogP contribution in [0.4, 0.5) is 0 Å². The van der Waals surface area contributed by atoms with Crippen molar-refractivity contribution in [3.8, 4) is 126 Å². The van der Waals surface area contributed by atoms with E-state index in [1.54, 1.807) is 36.4 Å². The smallest absolute Gasteiger partial charge is 0.162 e. The zero-order valence-corrected chi connectivity index (χ0v) is 40.8. The predicted molar refractivity (Wildman–Crippen MR) is 299 cm³/mol. The maximum Gasteiger partial charge on any atom is 0.162 e. The molecule has 0 aliphatic heterocycles. The molecule has 3 aromatic heterocycles. The third-order valence-electron chi connectivity index (χ3n) is 13.5. The van der Waals surface area contributed by atoms with Crippen LogP contribution in [0.1, 0.15) is 27.8 Å². The van der Waals surface area contributed by atoms with Crippen LogP contribution in [0.25, 0.3) is 118 Å². The third kappa shape index (κ3) is 8.84. The van der Waals surface area contributed by atoms with Crippen LogP contribution in [0.15, 0.2) is 218 Å². The summed E-state index contributed by atoms with van der Waals surface area (Å²) in [7, 11) is 0. The number of nitriles is 5. The second-order valence-corrected chi connectivity index (χ2v) is 18.3. The Morgan fingerprint density at radius 2 is 0.623 bits per heavy atom. The van der Waals surface area contributed by atoms with Crippen LogP contribution in [0, 0.1) is 56.7 Å². The van der Waals surface area contributed by atoms with Crippen LogP contribution in [0.3, 0.4) is 0 Å². The summed E-state index contributed by atoms with van der Waals surface area (Å²) in [6.07, 6.45) is 0. The first-order chi connectivity index (χ1) is 37.9. The lowest BCUT2D eigenvalue weighted by Gasteiger charge is -2.20. The number of nitrogens with zero attached hydrogens (tertiary/aromatic N) is 10. The SMILES string of the molecule is N#Cc1cc(C#N)cc(-c2ccc3c(c2)c2cc(-c4cc(C#N)cc(C#N)c4)ccc2n3-c2c(-c3cc(-c4ccccc4)nc(-c4ccccc4)n3)cc(C#N)cc2-c2nc(-c3ccccc3)cc(-c3ccccc3)n2)c1. The molecule has 10 heteroatoms. The first-order valence-electron chi connectivity index (χ1n) is 24.5. The van der Waals surface area contributed by atoms with Crippen LogP contribution in [-0.4, -0.2) is 24.5 Å². The van der Waals surface area contributed by atoms with Gasteiger partial charge in [-0.2, -0.15) is 26.3 Å². The summed E-state index contributed by atoms with van der Waals surface area (Å²) in [4.78, 5) is 21.2. The fourth-order valence-corrected chi connectivity index (χ4v) is 9.92. The summed E-state index contributed by atoms with van der Waals surface area (Å²) in [5.74, 6) is 0.840. The molecule has 354 valence electrons. The lowest BCUT2D eigenvalue weighted by atomic mass is 9.97. The standard InChI is InChI=1S/C67H36N10/c68-37-42-25-43(38-69)28-53(27-42)51-21-23-63-55(33-51)56-34-52(54-29-44(39-70)26-45(30-54)40-71)22-24-64(56)77(63)65-57(62-36-61(49-17-9-3-10-18-49)73-66(76-62)50-19-11-4-12-20-50)31-46(41-72)32-58(65)67-74-59(47-13-5-1-6-14-47)35-60(75-67)48-15-7-2-8-16-48/h1-36H. The van der Waals surface area contributed by atoms with E-state index in [4.69, 9.17) is 19.9 Å². The Morgan fingerprint density at radius 3 is 1.04 bits per heavy atom. The first-order valence-corrected chi connectivity index (χ1v) is 24.5. The summed E-state index contributed by atoms with van der Waals surface area (Å²) in [6, 6.07) is 80.8.